The lowest BCUT2D eigenvalue weighted by Crippen LogP contribution is -2.30. The molecule has 1 aliphatic rings. The molecule has 0 saturated carbocycles. The van der Waals surface area contributed by atoms with Gasteiger partial charge in [-0.05, 0) is 6.42 Å². The lowest BCUT2D eigenvalue weighted by molar-refractivity contribution is -0.134. The molecule has 19 heavy (non-hydrogen) atoms. The minimum Gasteiger partial charge on any atom is -0.360 e. The number of rotatable bonds is 4. The Kier molecular flexibility index (Phi) is 4.02. The van der Waals surface area contributed by atoms with Crippen LogP contribution in [0.3, 0.4) is 0 Å². The molecule has 0 radical (unpaired) electrons. The van der Waals surface area contributed by atoms with Gasteiger partial charge >= 0.3 is 6.18 Å². The van der Waals surface area contributed by atoms with Crippen LogP contribution >= 0.6 is 11.3 Å². The Morgan fingerprint density at radius 2 is 2.21 bits per heavy atom. The van der Waals surface area contributed by atoms with Gasteiger partial charge in [0.1, 0.15) is 4.88 Å². The van der Waals surface area contributed by atoms with Crippen LogP contribution in [0.2, 0.25) is 0 Å². The molecule has 0 atom stereocenters. The summed E-state index contributed by atoms with van der Waals surface area (Å²) in [4.78, 5) is 2.83. The summed E-state index contributed by atoms with van der Waals surface area (Å²) in [7, 11) is -3.16. The summed E-state index contributed by atoms with van der Waals surface area (Å²) in [5, 5.41) is 2.85. The van der Waals surface area contributed by atoms with E-state index in [0.29, 0.717) is 24.3 Å². The molecule has 108 valence electrons. The van der Waals surface area contributed by atoms with Crippen LogP contribution in [0.25, 0.3) is 0 Å². The summed E-state index contributed by atoms with van der Waals surface area (Å²) in [6.07, 6.45) is -3.03. The number of nitrogens with one attached hydrogen (secondary N) is 1. The smallest absolute Gasteiger partial charge is 0.360 e. The van der Waals surface area contributed by atoms with Gasteiger partial charge in [-0.15, -0.1) is 0 Å². The zero-order chi connectivity index (χ0) is 14.1. The molecule has 1 aromatic heterocycles. The molecule has 0 amide bonds. The van der Waals surface area contributed by atoms with E-state index in [4.69, 9.17) is 0 Å². The van der Waals surface area contributed by atoms with Crippen LogP contribution in [0, 0.1) is 0 Å². The van der Waals surface area contributed by atoms with Crippen molar-refractivity contribution in [1.82, 2.24) is 9.29 Å². The van der Waals surface area contributed by atoms with Gasteiger partial charge < -0.3 is 5.32 Å². The highest BCUT2D eigenvalue weighted by molar-refractivity contribution is 7.89. The number of hydrogen-bond donors (Lipinski definition) is 1. The zero-order valence-electron chi connectivity index (χ0n) is 9.77. The number of sulfonamides is 1. The first-order valence-electron chi connectivity index (χ1n) is 5.54. The summed E-state index contributed by atoms with van der Waals surface area (Å²) < 4.78 is 61.3. The lowest BCUT2D eigenvalue weighted by atomic mass is 10.5. The van der Waals surface area contributed by atoms with Gasteiger partial charge in [0, 0.05) is 19.6 Å². The predicted molar refractivity (Wildman–Crippen MR) is 65.6 cm³/mol. The molecule has 5 nitrogen and oxygen atoms in total. The average molecular weight is 315 g/mol. The minimum atomic E-state index is -4.39. The van der Waals surface area contributed by atoms with Crippen molar-refractivity contribution in [3.05, 3.63) is 11.1 Å². The third kappa shape index (κ3) is 3.57. The fourth-order valence-corrected chi connectivity index (χ4v) is 3.95. The molecule has 1 aromatic rings. The average Bonchev–Trinajstić information content (AvgIpc) is 2.85. The fraction of sp³-hybridized carbons (Fsp3) is 0.667. The van der Waals surface area contributed by atoms with E-state index in [9.17, 15) is 21.6 Å². The molecule has 2 rings (SSSR count). The monoisotopic (exact) mass is 315 g/mol. The molecule has 1 N–H and O–H groups in total. The van der Waals surface area contributed by atoms with E-state index in [0.717, 1.165) is 6.20 Å². The topological polar surface area (TPSA) is 62.3 Å². The number of thiazole rings is 1. The van der Waals surface area contributed by atoms with E-state index in [2.05, 4.69) is 10.3 Å². The highest BCUT2D eigenvalue weighted by atomic mass is 32.2. The van der Waals surface area contributed by atoms with Crippen LogP contribution in [-0.4, -0.2) is 43.1 Å². The molecule has 1 fully saturated rings. The van der Waals surface area contributed by atoms with Crippen molar-refractivity contribution in [2.24, 2.45) is 0 Å². The van der Waals surface area contributed by atoms with E-state index in [-0.39, 0.29) is 24.0 Å². The minimum absolute atomic E-state index is 0.141. The maximum Gasteiger partial charge on any atom is 0.427 e. The van der Waals surface area contributed by atoms with Gasteiger partial charge in [0.05, 0.1) is 11.9 Å². The van der Waals surface area contributed by atoms with Crippen LogP contribution in [-0.2, 0) is 16.2 Å². The summed E-state index contributed by atoms with van der Waals surface area (Å²) in [6.45, 7) is 0.947. The van der Waals surface area contributed by atoms with Crippen LogP contribution in [0.5, 0.6) is 0 Å². The molecule has 2 heterocycles. The standard InChI is InChI=1S/C9H12F3N3O2S2/c10-9(11,12)7-6-14-8(18-7)13-2-4-15-3-1-5-19(15,16)17/h6H,1-5H2,(H,13,14). The highest BCUT2D eigenvalue weighted by Gasteiger charge is 2.33. The maximum absolute atomic E-state index is 12.3. The van der Waals surface area contributed by atoms with E-state index in [1.165, 1.54) is 4.31 Å². The largest absolute Gasteiger partial charge is 0.427 e. The molecule has 0 aromatic carbocycles. The lowest BCUT2D eigenvalue weighted by Gasteiger charge is -2.13. The van der Waals surface area contributed by atoms with E-state index in [1.54, 1.807) is 0 Å². The van der Waals surface area contributed by atoms with E-state index < -0.39 is 21.1 Å². The van der Waals surface area contributed by atoms with Gasteiger partial charge in [-0.3, -0.25) is 0 Å². The van der Waals surface area contributed by atoms with E-state index in [1.807, 2.05) is 0 Å². The fourth-order valence-electron chi connectivity index (χ4n) is 1.72. The van der Waals surface area contributed by atoms with Gasteiger partial charge in [-0.1, -0.05) is 11.3 Å². The van der Waals surface area contributed by atoms with Gasteiger partial charge in [0.15, 0.2) is 5.13 Å². The zero-order valence-corrected chi connectivity index (χ0v) is 11.4. The van der Waals surface area contributed by atoms with Crippen molar-refractivity contribution in [2.75, 3.05) is 30.7 Å². The van der Waals surface area contributed by atoms with Crippen molar-refractivity contribution < 1.29 is 21.6 Å². The first-order valence-corrected chi connectivity index (χ1v) is 7.96. The van der Waals surface area contributed by atoms with Gasteiger partial charge in [0.2, 0.25) is 10.0 Å². The Bertz CT molecular complexity index is 541. The van der Waals surface area contributed by atoms with Crippen LogP contribution in [0.15, 0.2) is 6.20 Å². The molecule has 1 saturated heterocycles. The van der Waals surface area contributed by atoms with Crippen LogP contribution < -0.4 is 5.32 Å². The van der Waals surface area contributed by atoms with Crippen LogP contribution in [0.4, 0.5) is 18.3 Å². The normalized spacial score (nSPS) is 19.7. The third-order valence-electron chi connectivity index (χ3n) is 2.63. The molecule has 0 unspecified atom stereocenters. The number of halogens is 3. The number of alkyl halides is 3. The summed E-state index contributed by atoms with van der Waals surface area (Å²) in [6, 6.07) is 0. The molecule has 0 bridgehead atoms. The third-order valence-corrected chi connectivity index (χ3v) is 5.58. The van der Waals surface area contributed by atoms with Crippen LogP contribution in [0.1, 0.15) is 11.3 Å². The Morgan fingerprint density at radius 3 is 2.74 bits per heavy atom. The Morgan fingerprint density at radius 1 is 1.47 bits per heavy atom. The molecule has 0 spiro atoms. The first-order chi connectivity index (χ1) is 8.79. The molecule has 1 aliphatic heterocycles. The second-order valence-electron chi connectivity index (χ2n) is 4.02. The van der Waals surface area contributed by atoms with Crippen molar-refractivity contribution in [3.8, 4) is 0 Å². The van der Waals surface area contributed by atoms with Gasteiger partial charge in [-0.25, -0.2) is 17.7 Å². The summed E-state index contributed by atoms with van der Waals surface area (Å²) in [5.41, 5.74) is 0. The molecule has 10 heteroatoms. The summed E-state index contributed by atoms with van der Waals surface area (Å²) in [5.74, 6) is 0.141. The second-order valence-corrected chi connectivity index (χ2v) is 7.14. The van der Waals surface area contributed by atoms with Crippen molar-refractivity contribution in [1.29, 1.82) is 0 Å². The SMILES string of the molecule is O=S1(=O)CCCN1CCNc1ncc(C(F)(F)F)s1. The molecular weight excluding hydrogens is 303 g/mol. The number of aromatic nitrogens is 1. The predicted octanol–water partition coefficient (Wildman–Crippen LogP) is 1.61. The van der Waals surface area contributed by atoms with Crippen molar-refractivity contribution in [3.63, 3.8) is 0 Å². The maximum atomic E-state index is 12.3. The Hall–Kier alpha value is -0.870. The summed E-state index contributed by atoms with van der Waals surface area (Å²) >= 11 is 0.507. The number of hydrogen-bond acceptors (Lipinski definition) is 5. The van der Waals surface area contributed by atoms with Crippen molar-refractivity contribution in [2.45, 2.75) is 12.6 Å². The highest BCUT2D eigenvalue weighted by Crippen LogP contribution is 2.34. The quantitative estimate of drug-likeness (QED) is 0.917. The van der Waals surface area contributed by atoms with E-state index >= 15 is 0 Å². The van der Waals surface area contributed by atoms with Gasteiger partial charge in [-0.2, -0.15) is 13.2 Å². The molecule has 0 aliphatic carbocycles. The second kappa shape index (κ2) is 5.25. The molecular formula is C9H12F3N3O2S2. The number of anilines is 1. The van der Waals surface area contributed by atoms with Gasteiger partial charge in [0.25, 0.3) is 0 Å². The Balaban J connectivity index is 1.85. The Labute approximate surface area is 112 Å². The van der Waals surface area contributed by atoms with Crippen molar-refractivity contribution >= 4 is 26.5 Å². The number of nitrogens with zero attached hydrogens (tertiary/aromatic N) is 2. The first kappa shape index (κ1) is 14.5.